The molecule has 1 aromatic heterocycles. The fraction of sp³-hybridized carbons (Fsp3) is 0.615. The highest BCUT2D eigenvalue weighted by atomic mass is 16.5. The zero-order valence-corrected chi connectivity index (χ0v) is 11.4. The Morgan fingerprint density at radius 1 is 1.26 bits per heavy atom. The van der Waals surface area contributed by atoms with Crippen molar-refractivity contribution >= 4 is 5.97 Å². The van der Waals surface area contributed by atoms with Crippen LogP contribution in [0.25, 0.3) is 0 Å². The molecule has 19 heavy (non-hydrogen) atoms. The number of esters is 1. The van der Waals surface area contributed by atoms with Gasteiger partial charge in [-0.2, -0.15) is 0 Å². The molecule has 0 fully saturated rings. The van der Waals surface area contributed by atoms with Crippen molar-refractivity contribution in [3.05, 3.63) is 33.1 Å². The summed E-state index contributed by atoms with van der Waals surface area (Å²) >= 11 is 0. The van der Waals surface area contributed by atoms with E-state index in [0.717, 1.165) is 34.8 Å². The molecule has 0 aliphatic rings. The Hall–Kier alpha value is -1.85. The van der Waals surface area contributed by atoms with E-state index < -0.39 is 17.2 Å². The molecule has 0 unspecified atom stereocenters. The predicted molar refractivity (Wildman–Crippen MR) is 71.0 cm³/mol. The lowest BCUT2D eigenvalue weighted by molar-refractivity contribution is -0.144. The zero-order chi connectivity index (χ0) is 14.3. The van der Waals surface area contributed by atoms with Crippen LogP contribution in [-0.2, 0) is 23.1 Å². The summed E-state index contributed by atoms with van der Waals surface area (Å²) in [7, 11) is 1.37. The summed E-state index contributed by atoms with van der Waals surface area (Å²) in [4.78, 5) is 34.4. The molecule has 0 saturated heterocycles. The van der Waals surface area contributed by atoms with Crippen LogP contribution in [0, 0.1) is 0 Å². The number of unbranched alkanes of at least 4 members (excludes halogenated alkanes) is 3. The van der Waals surface area contributed by atoms with Crippen molar-refractivity contribution in [1.29, 1.82) is 0 Å². The summed E-state index contributed by atoms with van der Waals surface area (Å²) in [6.07, 6.45) is 5.42. The van der Waals surface area contributed by atoms with Gasteiger partial charge in [0, 0.05) is 19.3 Å². The van der Waals surface area contributed by atoms with E-state index in [0.29, 0.717) is 6.61 Å². The minimum absolute atomic E-state index is 0.166. The van der Waals surface area contributed by atoms with Crippen LogP contribution in [0.5, 0.6) is 0 Å². The first-order chi connectivity index (χ1) is 9.06. The molecule has 6 heteroatoms. The smallest absolute Gasteiger partial charge is 0.331 e. The Morgan fingerprint density at radius 2 is 2.00 bits per heavy atom. The molecule has 0 saturated carbocycles. The van der Waals surface area contributed by atoms with Crippen molar-refractivity contribution < 1.29 is 9.53 Å². The van der Waals surface area contributed by atoms with Crippen molar-refractivity contribution in [2.75, 3.05) is 6.61 Å². The first-order valence-electron chi connectivity index (χ1n) is 6.48. The molecule has 6 nitrogen and oxygen atoms in total. The van der Waals surface area contributed by atoms with Crippen molar-refractivity contribution in [1.82, 2.24) is 9.13 Å². The van der Waals surface area contributed by atoms with Crippen LogP contribution in [0.15, 0.2) is 21.9 Å². The highest BCUT2D eigenvalue weighted by Gasteiger charge is 2.07. The van der Waals surface area contributed by atoms with Crippen LogP contribution in [0.2, 0.25) is 0 Å². The van der Waals surface area contributed by atoms with E-state index in [4.69, 9.17) is 4.74 Å². The molecule has 106 valence electrons. The summed E-state index contributed by atoms with van der Waals surface area (Å²) in [5.41, 5.74) is -0.912. The number of rotatable bonds is 7. The summed E-state index contributed by atoms with van der Waals surface area (Å²) in [5, 5.41) is 0. The predicted octanol–water partition coefficient (Wildman–Crippen LogP) is 0.670. The summed E-state index contributed by atoms with van der Waals surface area (Å²) in [6.45, 7) is 2.32. The van der Waals surface area contributed by atoms with Gasteiger partial charge in [-0.3, -0.25) is 18.7 Å². The standard InChI is InChI=1S/C13H20N2O4/c1-3-4-5-6-9-19-12(17)10-15-8-7-11(16)14(2)13(15)18/h7-8H,3-6,9-10H2,1-2H3. The van der Waals surface area contributed by atoms with Crippen LogP contribution < -0.4 is 11.2 Å². The zero-order valence-electron chi connectivity index (χ0n) is 11.4. The van der Waals surface area contributed by atoms with E-state index in [1.165, 1.54) is 19.3 Å². The fourth-order valence-electron chi connectivity index (χ4n) is 1.64. The van der Waals surface area contributed by atoms with Gasteiger partial charge in [-0.25, -0.2) is 4.79 Å². The Balaban J connectivity index is 2.47. The minimum atomic E-state index is -0.518. The van der Waals surface area contributed by atoms with Crippen LogP contribution >= 0.6 is 0 Å². The lowest BCUT2D eigenvalue weighted by atomic mass is 10.2. The molecule has 0 amide bonds. The number of aromatic nitrogens is 2. The average Bonchev–Trinajstić information content (AvgIpc) is 2.39. The second-order valence-electron chi connectivity index (χ2n) is 4.40. The lowest BCUT2D eigenvalue weighted by Crippen LogP contribution is -2.38. The molecule has 0 N–H and O–H groups in total. The molecule has 0 aliphatic heterocycles. The van der Waals surface area contributed by atoms with E-state index >= 15 is 0 Å². The Labute approximate surface area is 111 Å². The van der Waals surface area contributed by atoms with E-state index in [2.05, 4.69) is 6.92 Å². The fourth-order valence-corrected chi connectivity index (χ4v) is 1.64. The van der Waals surface area contributed by atoms with Gasteiger partial charge < -0.3 is 4.74 Å². The largest absolute Gasteiger partial charge is 0.464 e. The van der Waals surface area contributed by atoms with Gasteiger partial charge in [0.2, 0.25) is 0 Å². The van der Waals surface area contributed by atoms with E-state index in [9.17, 15) is 14.4 Å². The number of nitrogens with zero attached hydrogens (tertiary/aromatic N) is 2. The third-order valence-corrected chi connectivity index (χ3v) is 2.82. The maximum atomic E-state index is 11.7. The Kier molecular flexibility index (Phi) is 6.05. The van der Waals surface area contributed by atoms with Gasteiger partial charge in [0.1, 0.15) is 6.54 Å². The molecule has 0 aromatic carbocycles. The van der Waals surface area contributed by atoms with Crippen LogP contribution in [-0.4, -0.2) is 21.7 Å². The third kappa shape index (κ3) is 4.73. The topological polar surface area (TPSA) is 70.3 Å². The van der Waals surface area contributed by atoms with Crippen LogP contribution in [0.4, 0.5) is 0 Å². The van der Waals surface area contributed by atoms with Gasteiger partial charge in [0.25, 0.3) is 5.56 Å². The van der Waals surface area contributed by atoms with Crippen molar-refractivity contribution in [3.8, 4) is 0 Å². The molecular formula is C13H20N2O4. The number of hydrogen-bond acceptors (Lipinski definition) is 4. The average molecular weight is 268 g/mol. The Bertz CT molecular complexity index is 530. The normalized spacial score (nSPS) is 10.4. The molecular weight excluding hydrogens is 248 g/mol. The highest BCUT2D eigenvalue weighted by molar-refractivity contribution is 5.69. The number of hydrogen-bond donors (Lipinski definition) is 0. The first-order valence-corrected chi connectivity index (χ1v) is 6.48. The molecule has 0 bridgehead atoms. The van der Waals surface area contributed by atoms with Crippen molar-refractivity contribution in [2.24, 2.45) is 7.05 Å². The second-order valence-corrected chi connectivity index (χ2v) is 4.40. The maximum Gasteiger partial charge on any atom is 0.331 e. The monoisotopic (exact) mass is 268 g/mol. The number of ether oxygens (including phenoxy) is 1. The van der Waals surface area contributed by atoms with Gasteiger partial charge in [0.15, 0.2) is 0 Å². The van der Waals surface area contributed by atoms with E-state index in [1.54, 1.807) is 0 Å². The molecule has 0 aliphatic carbocycles. The molecule has 0 atom stereocenters. The minimum Gasteiger partial charge on any atom is -0.464 e. The summed E-state index contributed by atoms with van der Waals surface area (Å²) in [6, 6.07) is 1.25. The van der Waals surface area contributed by atoms with Crippen molar-refractivity contribution in [3.63, 3.8) is 0 Å². The molecule has 0 spiro atoms. The van der Waals surface area contributed by atoms with Crippen molar-refractivity contribution in [2.45, 2.75) is 39.2 Å². The second kappa shape index (κ2) is 7.56. The van der Waals surface area contributed by atoms with Gasteiger partial charge in [0.05, 0.1) is 6.61 Å². The summed E-state index contributed by atoms with van der Waals surface area (Å²) in [5.74, 6) is -0.461. The van der Waals surface area contributed by atoms with Gasteiger partial charge in [-0.1, -0.05) is 26.2 Å². The molecule has 1 aromatic rings. The molecule has 1 rings (SSSR count). The Morgan fingerprint density at radius 3 is 2.68 bits per heavy atom. The highest BCUT2D eigenvalue weighted by Crippen LogP contribution is 1.99. The maximum absolute atomic E-state index is 11.7. The molecule has 1 heterocycles. The quantitative estimate of drug-likeness (QED) is 0.538. The SMILES string of the molecule is CCCCCCOC(=O)Cn1ccc(=O)n(C)c1=O. The van der Waals surface area contributed by atoms with Crippen LogP contribution in [0.1, 0.15) is 32.6 Å². The lowest BCUT2D eigenvalue weighted by Gasteiger charge is -2.07. The number of carbonyl (C=O) groups excluding carboxylic acids is 1. The van der Waals surface area contributed by atoms with E-state index in [-0.39, 0.29) is 6.54 Å². The van der Waals surface area contributed by atoms with Gasteiger partial charge in [-0.15, -0.1) is 0 Å². The first kappa shape index (κ1) is 15.2. The number of carbonyl (C=O) groups is 1. The van der Waals surface area contributed by atoms with Gasteiger partial charge in [-0.05, 0) is 6.42 Å². The third-order valence-electron chi connectivity index (χ3n) is 2.82. The molecule has 0 radical (unpaired) electrons. The van der Waals surface area contributed by atoms with E-state index in [1.807, 2.05) is 0 Å². The van der Waals surface area contributed by atoms with Gasteiger partial charge >= 0.3 is 11.7 Å². The van der Waals surface area contributed by atoms with Crippen LogP contribution in [0.3, 0.4) is 0 Å². The summed E-state index contributed by atoms with van der Waals surface area (Å²) < 4.78 is 7.15.